The van der Waals surface area contributed by atoms with Crippen LogP contribution in [0.2, 0.25) is 5.02 Å². The second-order valence-corrected chi connectivity index (χ2v) is 6.92. The molecule has 3 rings (SSSR count). The van der Waals surface area contributed by atoms with Crippen molar-refractivity contribution in [1.29, 1.82) is 0 Å². The van der Waals surface area contributed by atoms with E-state index in [9.17, 15) is 0 Å². The molecule has 0 N–H and O–H groups in total. The Kier molecular flexibility index (Phi) is 5.30. The largest absolute Gasteiger partial charge is 0.338 e. The molecule has 5 nitrogen and oxygen atoms in total. The van der Waals surface area contributed by atoms with Gasteiger partial charge in [-0.2, -0.15) is 4.98 Å². The first kappa shape index (κ1) is 16.4. The third-order valence-corrected chi connectivity index (χ3v) is 4.52. The van der Waals surface area contributed by atoms with Crippen molar-refractivity contribution in [3.05, 3.63) is 35.2 Å². The Morgan fingerprint density at radius 1 is 1.35 bits per heavy atom. The molecule has 1 aromatic heterocycles. The van der Waals surface area contributed by atoms with Gasteiger partial charge in [0.1, 0.15) is 0 Å². The van der Waals surface area contributed by atoms with Crippen molar-refractivity contribution >= 4 is 11.6 Å². The van der Waals surface area contributed by atoms with Crippen molar-refractivity contribution in [2.75, 3.05) is 33.7 Å². The lowest BCUT2D eigenvalue weighted by atomic mass is 9.98. The molecule has 0 radical (unpaired) electrons. The maximum Gasteiger partial charge on any atom is 0.241 e. The zero-order valence-corrected chi connectivity index (χ0v) is 14.5. The summed E-state index contributed by atoms with van der Waals surface area (Å²) in [6.07, 6.45) is 2.59. The zero-order chi connectivity index (χ0) is 16.2. The van der Waals surface area contributed by atoms with Gasteiger partial charge in [0, 0.05) is 23.7 Å². The summed E-state index contributed by atoms with van der Waals surface area (Å²) in [6.45, 7) is 4.13. The Morgan fingerprint density at radius 2 is 2.13 bits per heavy atom. The lowest BCUT2D eigenvalue weighted by Gasteiger charge is -2.31. The van der Waals surface area contributed by atoms with Crippen LogP contribution in [0.4, 0.5) is 0 Å². The monoisotopic (exact) mass is 334 g/mol. The van der Waals surface area contributed by atoms with Crippen LogP contribution in [0.5, 0.6) is 0 Å². The maximum atomic E-state index is 5.90. The van der Waals surface area contributed by atoms with Gasteiger partial charge in [0.25, 0.3) is 0 Å². The van der Waals surface area contributed by atoms with E-state index in [4.69, 9.17) is 16.1 Å². The number of aromatic nitrogens is 2. The predicted molar refractivity (Wildman–Crippen MR) is 91.3 cm³/mol. The highest BCUT2D eigenvalue weighted by Gasteiger charge is 2.19. The van der Waals surface area contributed by atoms with Gasteiger partial charge in [-0.05, 0) is 63.7 Å². The summed E-state index contributed by atoms with van der Waals surface area (Å²) in [7, 11) is 4.31. The van der Waals surface area contributed by atoms with E-state index >= 15 is 0 Å². The van der Waals surface area contributed by atoms with Gasteiger partial charge in [-0.25, -0.2) is 0 Å². The quantitative estimate of drug-likeness (QED) is 0.840. The predicted octanol–water partition coefficient (Wildman–Crippen LogP) is 3.16. The summed E-state index contributed by atoms with van der Waals surface area (Å²) in [5.74, 6) is 1.99. The third-order valence-electron chi connectivity index (χ3n) is 4.27. The SMILES string of the molecule is CN1CCCC(CN(C)Cc2nc(-c3ccc(Cl)cc3)no2)C1. The van der Waals surface area contributed by atoms with Crippen molar-refractivity contribution in [3.8, 4) is 11.4 Å². The van der Waals surface area contributed by atoms with Crippen molar-refractivity contribution in [3.63, 3.8) is 0 Å². The van der Waals surface area contributed by atoms with Crippen LogP contribution in [0.3, 0.4) is 0 Å². The van der Waals surface area contributed by atoms with E-state index in [1.165, 1.54) is 25.9 Å². The van der Waals surface area contributed by atoms with Gasteiger partial charge in [0.2, 0.25) is 11.7 Å². The highest BCUT2D eigenvalue weighted by Crippen LogP contribution is 2.20. The van der Waals surface area contributed by atoms with Crippen molar-refractivity contribution in [2.24, 2.45) is 5.92 Å². The number of nitrogens with zero attached hydrogens (tertiary/aromatic N) is 4. The Hall–Kier alpha value is -1.43. The Labute approximate surface area is 142 Å². The summed E-state index contributed by atoms with van der Waals surface area (Å²) < 4.78 is 5.38. The van der Waals surface area contributed by atoms with Crippen LogP contribution in [0.1, 0.15) is 18.7 Å². The minimum Gasteiger partial charge on any atom is -0.338 e. The molecule has 0 bridgehead atoms. The number of hydrogen-bond donors (Lipinski definition) is 0. The Morgan fingerprint density at radius 3 is 2.87 bits per heavy atom. The second kappa shape index (κ2) is 7.43. The number of halogens is 1. The third kappa shape index (κ3) is 4.53. The molecule has 0 aliphatic carbocycles. The van der Waals surface area contributed by atoms with Crippen LogP contribution in [-0.2, 0) is 6.54 Å². The zero-order valence-electron chi connectivity index (χ0n) is 13.7. The highest BCUT2D eigenvalue weighted by atomic mass is 35.5. The van der Waals surface area contributed by atoms with Gasteiger partial charge in [0.05, 0.1) is 6.54 Å². The van der Waals surface area contributed by atoms with E-state index in [-0.39, 0.29) is 0 Å². The van der Waals surface area contributed by atoms with Gasteiger partial charge < -0.3 is 9.42 Å². The summed E-state index contributed by atoms with van der Waals surface area (Å²) in [5, 5.41) is 4.77. The molecule has 1 atom stereocenters. The normalized spacial score (nSPS) is 19.4. The molecule has 124 valence electrons. The molecule has 6 heteroatoms. The molecule has 1 aliphatic heterocycles. The Bertz CT molecular complexity index is 628. The summed E-state index contributed by atoms with van der Waals surface area (Å²) in [6, 6.07) is 7.47. The molecular weight excluding hydrogens is 312 g/mol. The number of piperidine rings is 1. The molecule has 1 aromatic carbocycles. The maximum absolute atomic E-state index is 5.90. The molecule has 1 unspecified atom stereocenters. The first-order valence-electron chi connectivity index (χ1n) is 8.06. The highest BCUT2D eigenvalue weighted by molar-refractivity contribution is 6.30. The van der Waals surface area contributed by atoms with E-state index < -0.39 is 0 Å². The molecule has 0 saturated carbocycles. The summed E-state index contributed by atoms with van der Waals surface area (Å²) in [4.78, 5) is 9.16. The number of benzene rings is 1. The van der Waals surface area contributed by atoms with Crippen molar-refractivity contribution in [2.45, 2.75) is 19.4 Å². The molecular formula is C17H23ClN4O. The molecule has 1 fully saturated rings. The average Bonchev–Trinajstić information content (AvgIpc) is 2.96. The van der Waals surface area contributed by atoms with Crippen LogP contribution in [0, 0.1) is 5.92 Å². The van der Waals surface area contributed by atoms with Crippen LogP contribution >= 0.6 is 11.6 Å². The summed E-state index contributed by atoms with van der Waals surface area (Å²) >= 11 is 5.90. The van der Waals surface area contributed by atoms with E-state index in [1.807, 2.05) is 24.3 Å². The molecule has 23 heavy (non-hydrogen) atoms. The van der Waals surface area contributed by atoms with Gasteiger partial charge >= 0.3 is 0 Å². The fourth-order valence-electron chi connectivity index (χ4n) is 3.19. The average molecular weight is 335 g/mol. The van der Waals surface area contributed by atoms with Gasteiger partial charge in [-0.15, -0.1) is 0 Å². The fourth-order valence-corrected chi connectivity index (χ4v) is 3.32. The smallest absolute Gasteiger partial charge is 0.241 e. The first-order chi connectivity index (χ1) is 11.1. The standard InChI is InChI=1S/C17H23ClN4O/c1-21-9-3-4-13(10-21)11-22(2)12-16-19-17(20-23-16)14-5-7-15(18)8-6-14/h5-8,13H,3-4,9-12H2,1-2H3. The van der Waals surface area contributed by atoms with Crippen LogP contribution in [0.25, 0.3) is 11.4 Å². The van der Waals surface area contributed by atoms with Gasteiger partial charge in [-0.1, -0.05) is 16.8 Å². The number of rotatable bonds is 5. The van der Waals surface area contributed by atoms with Crippen LogP contribution in [-0.4, -0.2) is 53.7 Å². The van der Waals surface area contributed by atoms with Crippen molar-refractivity contribution < 1.29 is 4.52 Å². The van der Waals surface area contributed by atoms with E-state index in [1.54, 1.807) is 0 Å². The molecule has 0 spiro atoms. The van der Waals surface area contributed by atoms with Gasteiger partial charge in [0.15, 0.2) is 0 Å². The lowest BCUT2D eigenvalue weighted by Crippen LogP contribution is -2.37. The molecule has 2 aromatic rings. The van der Waals surface area contributed by atoms with Crippen molar-refractivity contribution in [1.82, 2.24) is 19.9 Å². The topological polar surface area (TPSA) is 45.4 Å². The second-order valence-electron chi connectivity index (χ2n) is 6.49. The number of likely N-dealkylation sites (tertiary alicyclic amines) is 1. The summed E-state index contributed by atoms with van der Waals surface area (Å²) in [5.41, 5.74) is 0.918. The minimum atomic E-state index is 0.613. The van der Waals surface area contributed by atoms with E-state index in [2.05, 4.69) is 34.0 Å². The van der Waals surface area contributed by atoms with E-state index in [0.29, 0.717) is 23.3 Å². The molecule has 0 amide bonds. The van der Waals surface area contributed by atoms with E-state index in [0.717, 1.165) is 18.0 Å². The minimum absolute atomic E-state index is 0.613. The molecule has 1 saturated heterocycles. The van der Waals surface area contributed by atoms with Crippen LogP contribution in [0.15, 0.2) is 28.8 Å². The van der Waals surface area contributed by atoms with Crippen LogP contribution < -0.4 is 0 Å². The number of hydrogen-bond acceptors (Lipinski definition) is 5. The molecule has 2 heterocycles. The van der Waals surface area contributed by atoms with Gasteiger partial charge in [-0.3, -0.25) is 4.90 Å². The Balaban J connectivity index is 1.56. The first-order valence-corrected chi connectivity index (χ1v) is 8.43. The lowest BCUT2D eigenvalue weighted by molar-refractivity contribution is 0.156. The molecule has 1 aliphatic rings. The fraction of sp³-hybridized carbons (Fsp3) is 0.529.